The smallest absolute Gasteiger partial charge is 0.0905 e. The van der Waals surface area contributed by atoms with Crippen LogP contribution in [-0.4, -0.2) is 11.2 Å². The Balaban J connectivity index is 1.70. The van der Waals surface area contributed by atoms with Gasteiger partial charge in [0.25, 0.3) is 0 Å². The summed E-state index contributed by atoms with van der Waals surface area (Å²) in [5.41, 5.74) is 2.19. The summed E-state index contributed by atoms with van der Waals surface area (Å²) in [6.45, 7) is 4.90. The van der Waals surface area contributed by atoms with E-state index in [0.717, 1.165) is 17.8 Å². The SMILES string of the molecule is C[C@@]12C=CCC1C1CCC3=C[C@@H](O)C=C[C@]3(C)C1CC2. The van der Waals surface area contributed by atoms with Crippen LogP contribution in [0.1, 0.15) is 46.0 Å². The Morgan fingerprint density at radius 2 is 2.00 bits per heavy atom. The molecular weight excluding hydrogens is 244 g/mol. The lowest BCUT2D eigenvalue weighted by atomic mass is 9.48. The number of hydrogen-bond acceptors (Lipinski definition) is 1. The average molecular weight is 270 g/mol. The minimum Gasteiger partial charge on any atom is -0.385 e. The zero-order chi connectivity index (χ0) is 14.0. The summed E-state index contributed by atoms with van der Waals surface area (Å²) >= 11 is 0. The molecule has 0 bridgehead atoms. The predicted octanol–water partition coefficient (Wildman–Crippen LogP) is 4.25. The van der Waals surface area contributed by atoms with E-state index in [0.29, 0.717) is 5.41 Å². The number of aliphatic hydroxyl groups excluding tert-OH is 1. The first kappa shape index (κ1) is 12.9. The Bertz CT molecular complexity index is 514. The molecule has 0 aromatic rings. The van der Waals surface area contributed by atoms with Gasteiger partial charge in [-0.1, -0.05) is 49.8 Å². The van der Waals surface area contributed by atoms with Gasteiger partial charge in [-0.25, -0.2) is 0 Å². The Labute approximate surface area is 122 Å². The van der Waals surface area contributed by atoms with Crippen LogP contribution in [0.2, 0.25) is 0 Å². The zero-order valence-electron chi connectivity index (χ0n) is 12.7. The molecule has 0 heterocycles. The molecule has 108 valence electrons. The maximum absolute atomic E-state index is 9.88. The number of aliphatic hydroxyl groups is 1. The van der Waals surface area contributed by atoms with E-state index in [4.69, 9.17) is 0 Å². The molecule has 0 aromatic heterocycles. The first-order valence-corrected chi connectivity index (χ1v) is 8.29. The highest BCUT2D eigenvalue weighted by Crippen LogP contribution is 2.62. The van der Waals surface area contributed by atoms with Crippen molar-refractivity contribution in [1.82, 2.24) is 0 Å². The molecule has 4 aliphatic rings. The van der Waals surface area contributed by atoms with Crippen molar-refractivity contribution < 1.29 is 5.11 Å². The molecule has 0 spiro atoms. The van der Waals surface area contributed by atoms with Gasteiger partial charge in [0.15, 0.2) is 0 Å². The van der Waals surface area contributed by atoms with Crippen LogP contribution >= 0.6 is 0 Å². The number of hydrogen-bond donors (Lipinski definition) is 1. The highest BCUT2D eigenvalue weighted by molar-refractivity contribution is 5.34. The minimum atomic E-state index is -0.350. The van der Waals surface area contributed by atoms with Gasteiger partial charge in [-0.05, 0) is 55.3 Å². The van der Waals surface area contributed by atoms with Crippen LogP contribution in [0.4, 0.5) is 0 Å². The fourth-order valence-electron chi connectivity index (χ4n) is 5.80. The first-order valence-electron chi connectivity index (χ1n) is 8.29. The highest BCUT2D eigenvalue weighted by atomic mass is 16.3. The van der Waals surface area contributed by atoms with Crippen molar-refractivity contribution in [2.24, 2.45) is 28.6 Å². The third-order valence-electron chi connectivity index (χ3n) is 6.98. The molecule has 6 atom stereocenters. The van der Waals surface area contributed by atoms with Crippen molar-refractivity contribution in [2.75, 3.05) is 0 Å². The van der Waals surface area contributed by atoms with Gasteiger partial charge in [0, 0.05) is 5.41 Å². The third kappa shape index (κ3) is 1.59. The quantitative estimate of drug-likeness (QED) is 0.652. The van der Waals surface area contributed by atoms with Gasteiger partial charge in [0.1, 0.15) is 0 Å². The number of rotatable bonds is 0. The Morgan fingerprint density at radius 1 is 1.15 bits per heavy atom. The van der Waals surface area contributed by atoms with E-state index < -0.39 is 0 Å². The summed E-state index contributed by atoms with van der Waals surface area (Å²) in [6, 6.07) is 0. The lowest BCUT2D eigenvalue weighted by Crippen LogP contribution is -2.48. The Hall–Kier alpha value is -0.820. The van der Waals surface area contributed by atoms with Gasteiger partial charge in [0.2, 0.25) is 0 Å². The maximum atomic E-state index is 9.88. The molecule has 0 radical (unpaired) electrons. The van der Waals surface area contributed by atoms with Crippen molar-refractivity contribution in [3.63, 3.8) is 0 Å². The van der Waals surface area contributed by atoms with Gasteiger partial charge < -0.3 is 5.11 Å². The molecular formula is C19H26O. The van der Waals surface area contributed by atoms with E-state index in [2.05, 4.69) is 38.2 Å². The Morgan fingerprint density at radius 3 is 2.85 bits per heavy atom. The van der Waals surface area contributed by atoms with E-state index in [-0.39, 0.29) is 11.5 Å². The van der Waals surface area contributed by atoms with Gasteiger partial charge in [-0.15, -0.1) is 0 Å². The van der Waals surface area contributed by atoms with E-state index >= 15 is 0 Å². The van der Waals surface area contributed by atoms with E-state index in [1.165, 1.54) is 37.7 Å². The normalized spacial score (nSPS) is 53.0. The van der Waals surface area contributed by atoms with Gasteiger partial charge in [-0.3, -0.25) is 0 Å². The molecule has 2 saturated carbocycles. The third-order valence-corrected chi connectivity index (χ3v) is 6.98. The highest BCUT2D eigenvalue weighted by Gasteiger charge is 2.54. The molecule has 4 rings (SSSR count). The molecule has 0 saturated heterocycles. The van der Waals surface area contributed by atoms with Gasteiger partial charge in [0.05, 0.1) is 6.10 Å². The standard InChI is InChI=1S/C19H26O/c1-18-9-3-4-16(18)15-6-5-13-12-14(20)7-11-19(13,2)17(15)8-10-18/h3,7,9,11-12,14-17,20H,4-6,8,10H2,1-2H3/t14-,15?,16?,17?,18-,19-/m0/s1. The van der Waals surface area contributed by atoms with Crippen molar-refractivity contribution in [3.05, 3.63) is 36.0 Å². The lowest BCUT2D eigenvalue weighted by molar-refractivity contribution is -0.00292. The van der Waals surface area contributed by atoms with Gasteiger partial charge in [-0.2, -0.15) is 0 Å². The molecule has 0 amide bonds. The second-order valence-electron chi connectivity index (χ2n) is 7.92. The average Bonchev–Trinajstić information content (AvgIpc) is 2.81. The molecule has 3 unspecified atom stereocenters. The molecule has 2 fully saturated rings. The van der Waals surface area contributed by atoms with Crippen molar-refractivity contribution in [3.8, 4) is 0 Å². The van der Waals surface area contributed by atoms with E-state index in [1.54, 1.807) is 0 Å². The molecule has 20 heavy (non-hydrogen) atoms. The molecule has 0 aliphatic heterocycles. The van der Waals surface area contributed by atoms with E-state index in [1.807, 2.05) is 6.08 Å². The van der Waals surface area contributed by atoms with Crippen molar-refractivity contribution >= 4 is 0 Å². The second kappa shape index (κ2) is 4.10. The van der Waals surface area contributed by atoms with Crippen LogP contribution in [0.25, 0.3) is 0 Å². The fourth-order valence-corrected chi connectivity index (χ4v) is 5.80. The fraction of sp³-hybridized carbons (Fsp3) is 0.684. The topological polar surface area (TPSA) is 20.2 Å². The molecule has 1 heteroatoms. The van der Waals surface area contributed by atoms with Crippen LogP contribution in [0.5, 0.6) is 0 Å². The Kier molecular flexibility index (Phi) is 2.64. The second-order valence-corrected chi connectivity index (χ2v) is 7.92. The number of fused-ring (bicyclic) bond motifs is 5. The maximum Gasteiger partial charge on any atom is 0.0905 e. The monoisotopic (exact) mass is 270 g/mol. The molecule has 4 aliphatic carbocycles. The summed E-state index contributed by atoms with van der Waals surface area (Å²) in [7, 11) is 0. The van der Waals surface area contributed by atoms with Crippen molar-refractivity contribution in [1.29, 1.82) is 0 Å². The largest absolute Gasteiger partial charge is 0.385 e. The predicted molar refractivity (Wildman–Crippen MR) is 82.1 cm³/mol. The molecule has 1 N–H and O–H groups in total. The van der Waals surface area contributed by atoms with Crippen LogP contribution in [0.3, 0.4) is 0 Å². The van der Waals surface area contributed by atoms with Crippen LogP contribution in [0.15, 0.2) is 36.0 Å². The van der Waals surface area contributed by atoms with E-state index in [9.17, 15) is 5.11 Å². The van der Waals surface area contributed by atoms with Crippen LogP contribution in [-0.2, 0) is 0 Å². The summed E-state index contributed by atoms with van der Waals surface area (Å²) in [6.07, 6.45) is 17.5. The van der Waals surface area contributed by atoms with Gasteiger partial charge >= 0.3 is 0 Å². The summed E-state index contributed by atoms with van der Waals surface area (Å²) in [5.74, 6) is 2.51. The van der Waals surface area contributed by atoms with Crippen LogP contribution < -0.4 is 0 Å². The summed E-state index contributed by atoms with van der Waals surface area (Å²) < 4.78 is 0. The zero-order valence-corrected chi connectivity index (χ0v) is 12.7. The summed E-state index contributed by atoms with van der Waals surface area (Å²) in [5, 5.41) is 9.88. The molecule has 1 nitrogen and oxygen atoms in total. The minimum absolute atomic E-state index is 0.214. The first-order chi connectivity index (χ1) is 9.53. The van der Waals surface area contributed by atoms with Crippen molar-refractivity contribution in [2.45, 2.75) is 52.1 Å². The molecule has 0 aromatic carbocycles. The summed E-state index contributed by atoms with van der Waals surface area (Å²) in [4.78, 5) is 0. The number of allylic oxidation sites excluding steroid dienone is 4. The van der Waals surface area contributed by atoms with Crippen LogP contribution in [0, 0.1) is 28.6 Å². The lowest BCUT2D eigenvalue weighted by Gasteiger charge is -2.56.